The van der Waals surface area contributed by atoms with Gasteiger partial charge in [-0.15, -0.1) is 0 Å². The lowest BCUT2D eigenvalue weighted by molar-refractivity contribution is -0.131. The Kier molecular flexibility index (Phi) is 5.75. The van der Waals surface area contributed by atoms with Crippen LogP contribution in [0.5, 0.6) is 5.75 Å². The molecule has 0 saturated carbocycles. The summed E-state index contributed by atoms with van der Waals surface area (Å²) in [5.74, 6) is -1.16. The molecule has 6 nitrogen and oxygen atoms in total. The normalized spacial score (nSPS) is 24.7. The molecule has 6 rings (SSSR count). The molecule has 3 aromatic carbocycles. The number of amides is 1. The van der Waals surface area contributed by atoms with Crippen molar-refractivity contribution in [2.45, 2.75) is 45.2 Å². The average molecular weight is 521 g/mol. The molecular formula is C33H32N2O4. The Morgan fingerprint density at radius 2 is 1.67 bits per heavy atom. The van der Waals surface area contributed by atoms with Crippen LogP contribution < -0.4 is 10.1 Å². The first-order valence-corrected chi connectivity index (χ1v) is 13.5. The van der Waals surface area contributed by atoms with E-state index in [1.165, 1.54) is 0 Å². The molecule has 198 valence electrons. The van der Waals surface area contributed by atoms with Gasteiger partial charge in [-0.1, -0.05) is 75.4 Å². The van der Waals surface area contributed by atoms with Crippen molar-refractivity contribution in [3.05, 3.63) is 101 Å². The Hall–Kier alpha value is -4.19. The van der Waals surface area contributed by atoms with Crippen LogP contribution in [0.3, 0.4) is 0 Å². The Morgan fingerprint density at radius 3 is 2.44 bits per heavy atom. The van der Waals surface area contributed by atoms with Gasteiger partial charge in [0, 0.05) is 17.3 Å². The van der Waals surface area contributed by atoms with Gasteiger partial charge in [0.25, 0.3) is 0 Å². The maximum atomic E-state index is 14.9. The van der Waals surface area contributed by atoms with E-state index in [9.17, 15) is 14.4 Å². The predicted molar refractivity (Wildman–Crippen MR) is 150 cm³/mol. The number of para-hydroxylation sites is 2. The van der Waals surface area contributed by atoms with E-state index in [1.807, 2.05) is 99.5 Å². The van der Waals surface area contributed by atoms with Gasteiger partial charge in [0.1, 0.15) is 11.2 Å². The van der Waals surface area contributed by atoms with E-state index in [4.69, 9.17) is 4.74 Å². The minimum atomic E-state index is -1.33. The number of nitrogens with one attached hydrogen (secondary N) is 1. The van der Waals surface area contributed by atoms with Crippen LogP contribution in [-0.2, 0) is 15.0 Å². The van der Waals surface area contributed by atoms with E-state index >= 15 is 0 Å². The zero-order valence-corrected chi connectivity index (χ0v) is 22.6. The summed E-state index contributed by atoms with van der Waals surface area (Å²) in [6, 6.07) is 21.2. The highest BCUT2D eigenvalue weighted by Crippen LogP contribution is 2.62. The van der Waals surface area contributed by atoms with Crippen molar-refractivity contribution in [3.8, 4) is 5.75 Å². The molecule has 0 unspecified atom stereocenters. The molecule has 3 aromatic rings. The predicted octanol–water partition coefficient (Wildman–Crippen LogP) is 5.80. The molecule has 1 spiro atoms. The number of anilines is 1. The van der Waals surface area contributed by atoms with Crippen LogP contribution in [0.4, 0.5) is 5.69 Å². The SMILES string of the molecule is CCOc1ccccc1C(=O)[C@@H]1[C@@H](C(=O)C(C)(C)C)N2C=Cc3ccccc3[C@@H]2[C@]12C(=O)Nc1ccccc12. The van der Waals surface area contributed by atoms with E-state index in [2.05, 4.69) is 5.32 Å². The molecule has 0 aromatic heterocycles. The second kappa shape index (κ2) is 8.94. The van der Waals surface area contributed by atoms with Crippen molar-refractivity contribution < 1.29 is 19.1 Å². The number of rotatable bonds is 5. The first-order valence-electron chi connectivity index (χ1n) is 13.5. The summed E-state index contributed by atoms with van der Waals surface area (Å²) < 4.78 is 5.87. The minimum Gasteiger partial charge on any atom is -0.493 e. The molecular weight excluding hydrogens is 488 g/mol. The van der Waals surface area contributed by atoms with Crippen molar-refractivity contribution >= 4 is 29.2 Å². The zero-order chi connectivity index (χ0) is 27.5. The number of carbonyl (C=O) groups is 3. The fourth-order valence-electron chi connectivity index (χ4n) is 6.73. The fraction of sp³-hybridized carbons (Fsp3) is 0.303. The average Bonchev–Trinajstić information content (AvgIpc) is 3.40. The highest BCUT2D eigenvalue weighted by Gasteiger charge is 2.71. The van der Waals surface area contributed by atoms with Gasteiger partial charge in [0.2, 0.25) is 5.91 Å². The van der Waals surface area contributed by atoms with Crippen molar-refractivity contribution in [3.63, 3.8) is 0 Å². The molecule has 6 heteroatoms. The maximum absolute atomic E-state index is 14.9. The molecule has 1 amide bonds. The Bertz CT molecular complexity index is 1530. The smallest absolute Gasteiger partial charge is 0.238 e. The molecule has 1 saturated heterocycles. The molecule has 1 N–H and O–H groups in total. The van der Waals surface area contributed by atoms with Crippen molar-refractivity contribution in [1.82, 2.24) is 4.90 Å². The molecule has 0 aliphatic carbocycles. The third kappa shape index (κ3) is 3.50. The lowest BCUT2D eigenvalue weighted by Crippen LogP contribution is -2.50. The molecule has 1 fully saturated rings. The number of benzene rings is 3. The van der Waals surface area contributed by atoms with Gasteiger partial charge in [-0.2, -0.15) is 0 Å². The second-order valence-electron chi connectivity index (χ2n) is 11.5. The van der Waals surface area contributed by atoms with Crippen molar-refractivity contribution in [2.75, 3.05) is 11.9 Å². The van der Waals surface area contributed by atoms with E-state index in [0.29, 0.717) is 23.6 Å². The number of Topliss-reactive ketones (excluding diaryl/α,β-unsaturated/α-hetero) is 2. The standard InChI is InChI=1S/C33H32N2O4/c1-5-39-25-17-11-8-14-22(25)28(36)26-27(30(37)32(2,3)4)35-19-18-20-12-6-7-13-21(20)29(35)33(26)23-15-9-10-16-24(23)34-31(33)38/h6-19,26-27,29H,5H2,1-4H3,(H,34,38)/t26-,27-,29+,33+/m0/s1. The lowest BCUT2D eigenvalue weighted by Gasteiger charge is -2.38. The number of hydrogen-bond donors (Lipinski definition) is 1. The van der Waals surface area contributed by atoms with Crippen molar-refractivity contribution in [1.29, 1.82) is 0 Å². The molecule has 3 aliphatic rings. The summed E-state index contributed by atoms with van der Waals surface area (Å²) in [5, 5.41) is 3.08. The minimum absolute atomic E-state index is 0.0853. The van der Waals surface area contributed by atoms with Gasteiger partial charge in [-0.25, -0.2) is 0 Å². The number of nitrogens with zero attached hydrogens (tertiary/aromatic N) is 1. The largest absolute Gasteiger partial charge is 0.493 e. The zero-order valence-electron chi connectivity index (χ0n) is 22.6. The maximum Gasteiger partial charge on any atom is 0.238 e. The van der Waals surface area contributed by atoms with Gasteiger partial charge < -0.3 is 15.0 Å². The van der Waals surface area contributed by atoms with Gasteiger partial charge in [0.15, 0.2) is 11.6 Å². The van der Waals surface area contributed by atoms with Gasteiger partial charge in [-0.05, 0) is 47.9 Å². The monoisotopic (exact) mass is 520 g/mol. The summed E-state index contributed by atoms with van der Waals surface area (Å²) in [6.07, 6.45) is 3.88. The van der Waals surface area contributed by atoms with E-state index in [-0.39, 0.29) is 17.5 Å². The van der Waals surface area contributed by atoms with Crippen LogP contribution in [0.2, 0.25) is 0 Å². The summed E-state index contributed by atoms with van der Waals surface area (Å²) in [4.78, 5) is 45.7. The third-order valence-electron chi connectivity index (χ3n) is 8.31. The molecule has 3 aliphatic heterocycles. The summed E-state index contributed by atoms with van der Waals surface area (Å²) in [6.45, 7) is 7.87. The van der Waals surface area contributed by atoms with Crippen LogP contribution in [0.25, 0.3) is 6.08 Å². The second-order valence-corrected chi connectivity index (χ2v) is 11.5. The van der Waals surface area contributed by atoms with E-state index in [1.54, 1.807) is 18.2 Å². The van der Waals surface area contributed by atoms with E-state index < -0.39 is 28.8 Å². The first-order chi connectivity index (χ1) is 18.7. The number of hydrogen-bond acceptors (Lipinski definition) is 5. The highest BCUT2D eigenvalue weighted by atomic mass is 16.5. The van der Waals surface area contributed by atoms with Crippen LogP contribution >= 0.6 is 0 Å². The van der Waals surface area contributed by atoms with Crippen LogP contribution in [0.1, 0.15) is 60.8 Å². The lowest BCUT2D eigenvalue weighted by atomic mass is 9.62. The molecule has 4 atom stereocenters. The van der Waals surface area contributed by atoms with Crippen molar-refractivity contribution in [2.24, 2.45) is 11.3 Å². The first kappa shape index (κ1) is 25.1. The van der Waals surface area contributed by atoms with E-state index in [0.717, 1.165) is 16.7 Å². The number of carbonyl (C=O) groups excluding carboxylic acids is 3. The Morgan fingerprint density at radius 1 is 0.974 bits per heavy atom. The van der Waals surface area contributed by atoms with Crippen LogP contribution in [-0.4, -0.2) is 35.0 Å². The van der Waals surface area contributed by atoms with Crippen LogP contribution in [0, 0.1) is 11.3 Å². The molecule has 0 bridgehead atoms. The number of ether oxygens (including phenoxy) is 1. The fourth-order valence-corrected chi connectivity index (χ4v) is 6.73. The number of fused-ring (bicyclic) bond motifs is 6. The number of ketones is 2. The quantitative estimate of drug-likeness (QED) is 0.431. The third-order valence-corrected chi connectivity index (χ3v) is 8.31. The summed E-state index contributed by atoms with van der Waals surface area (Å²) in [5.41, 5.74) is 1.61. The molecule has 3 heterocycles. The topological polar surface area (TPSA) is 75.7 Å². The molecule has 0 radical (unpaired) electrons. The summed E-state index contributed by atoms with van der Waals surface area (Å²) in [7, 11) is 0. The van der Waals surface area contributed by atoms with Gasteiger partial charge in [0.05, 0.1) is 30.2 Å². The van der Waals surface area contributed by atoms with Crippen LogP contribution in [0.15, 0.2) is 79.0 Å². The Labute approximate surface area is 228 Å². The summed E-state index contributed by atoms with van der Waals surface area (Å²) >= 11 is 0. The van der Waals surface area contributed by atoms with Gasteiger partial charge >= 0.3 is 0 Å². The molecule has 39 heavy (non-hydrogen) atoms. The Balaban J connectivity index is 1.69. The highest BCUT2D eigenvalue weighted by molar-refractivity contribution is 6.16. The van der Waals surface area contributed by atoms with Gasteiger partial charge in [-0.3, -0.25) is 14.4 Å².